The summed E-state index contributed by atoms with van der Waals surface area (Å²) in [4.78, 5) is 4.06. The molecule has 2 rings (SSSR count). The Balaban J connectivity index is 2.38. The van der Waals surface area contributed by atoms with E-state index in [0.717, 1.165) is 22.9 Å². The number of rotatable bonds is 4. The maximum Gasteiger partial charge on any atom is 0.0632 e. The van der Waals surface area contributed by atoms with Gasteiger partial charge in [-0.3, -0.25) is 4.98 Å². The molecule has 17 heavy (non-hydrogen) atoms. The Bertz CT molecular complexity index is 509. The normalized spacial score (nSPS) is 12.6. The number of nitrogens with zero attached hydrogens (tertiary/aromatic N) is 1. The third-order valence-electron chi connectivity index (χ3n) is 2.93. The van der Waals surface area contributed by atoms with Crippen LogP contribution in [-0.4, -0.2) is 22.7 Å². The second kappa shape index (κ2) is 5.01. The van der Waals surface area contributed by atoms with Gasteiger partial charge in [-0.1, -0.05) is 13.0 Å². The number of nitrogens with one attached hydrogen (secondary N) is 1. The lowest BCUT2D eigenvalue weighted by molar-refractivity contribution is 0.272. The molecule has 0 saturated carbocycles. The molecule has 1 aromatic carbocycles. The van der Waals surface area contributed by atoms with Crippen LogP contribution in [-0.2, 0) is 0 Å². The summed E-state index contributed by atoms with van der Waals surface area (Å²) >= 11 is 0. The summed E-state index contributed by atoms with van der Waals surface area (Å²) in [6.45, 7) is 2.12. The standard InChI is InChI=1S/C13H17N3O/c1-2-10(8-17)16-12-4-3-9-7-15-6-5-11(9)13(12)14/h3-7,10,16-17H,2,8,14H2,1H3. The quantitative estimate of drug-likeness (QED) is 0.704. The van der Waals surface area contributed by atoms with Crippen molar-refractivity contribution >= 4 is 22.1 Å². The number of aromatic nitrogens is 1. The van der Waals surface area contributed by atoms with Crippen LogP contribution in [0.5, 0.6) is 0 Å². The molecule has 4 nitrogen and oxygen atoms in total. The molecule has 0 fully saturated rings. The van der Waals surface area contributed by atoms with Crippen LogP contribution in [0.3, 0.4) is 0 Å². The van der Waals surface area contributed by atoms with Gasteiger partial charge in [-0.2, -0.15) is 0 Å². The van der Waals surface area contributed by atoms with Crippen molar-refractivity contribution in [1.82, 2.24) is 4.98 Å². The molecule has 1 unspecified atom stereocenters. The summed E-state index contributed by atoms with van der Waals surface area (Å²) in [5, 5.41) is 14.4. The molecule has 0 spiro atoms. The summed E-state index contributed by atoms with van der Waals surface area (Å²) < 4.78 is 0. The Labute approximate surface area is 100 Å². The van der Waals surface area contributed by atoms with Crippen molar-refractivity contribution < 1.29 is 5.11 Å². The van der Waals surface area contributed by atoms with Crippen molar-refractivity contribution in [2.75, 3.05) is 17.7 Å². The number of hydrogen-bond donors (Lipinski definition) is 3. The van der Waals surface area contributed by atoms with E-state index in [-0.39, 0.29) is 12.6 Å². The number of fused-ring (bicyclic) bond motifs is 1. The molecule has 2 aromatic rings. The van der Waals surface area contributed by atoms with Gasteiger partial charge in [0.05, 0.1) is 18.0 Å². The minimum atomic E-state index is 0.0385. The average molecular weight is 231 g/mol. The van der Waals surface area contributed by atoms with Crippen LogP contribution in [0.2, 0.25) is 0 Å². The molecular weight excluding hydrogens is 214 g/mol. The second-order valence-electron chi connectivity index (χ2n) is 4.06. The van der Waals surface area contributed by atoms with E-state index in [0.29, 0.717) is 5.69 Å². The Kier molecular flexibility index (Phi) is 3.44. The molecule has 0 aliphatic carbocycles. The van der Waals surface area contributed by atoms with Crippen LogP contribution in [0.15, 0.2) is 30.6 Å². The van der Waals surface area contributed by atoms with Crippen LogP contribution < -0.4 is 11.1 Å². The minimum Gasteiger partial charge on any atom is -0.397 e. The summed E-state index contributed by atoms with van der Waals surface area (Å²) in [5.74, 6) is 0. The van der Waals surface area contributed by atoms with Gasteiger partial charge < -0.3 is 16.2 Å². The molecule has 4 N–H and O–H groups in total. The van der Waals surface area contributed by atoms with Gasteiger partial charge in [-0.15, -0.1) is 0 Å². The molecule has 1 heterocycles. The van der Waals surface area contributed by atoms with Crippen molar-refractivity contribution in [1.29, 1.82) is 0 Å². The van der Waals surface area contributed by atoms with Crippen LogP contribution in [0.25, 0.3) is 10.8 Å². The van der Waals surface area contributed by atoms with E-state index in [1.807, 2.05) is 25.1 Å². The highest BCUT2D eigenvalue weighted by molar-refractivity contribution is 5.98. The molecule has 1 atom stereocenters. The zero-order valence-corrected chi connectivity index (χ0v) is 9.85. The molecule has 0 saturated heterocycles. The second-order valence-corrected chi connectivity index (χ2v) is 4.06. The first-order chi connectivity index (χ1) is 8.26. The fourth-order valence-corrected chi connectivity index (χ4v) is 1.82. The number of hydrogen-bond acceptors (Lipinski definition) is 4. The molecule has 0 aliphatic heterocycles. The molecular formula is C13H17N3O. The highest BCUT2D eigenvalue weighted by atomic mass is 16.3. The number of benzene rings is 1. The fraction of sp³-hybridized carbons (Fsp3) is 0.308. The van der Waals surface area contributed by atoms with Crippen molar-refractivity contribution in [3.05, 3.63) is 30.6 Å². The Hall–Kier alpha value is -1.81. The SMILES string of the molecule is CCC(CO)Nc1ccc2cnccc2c1N. The molecule has 0 amide bonds. The van der Waals surface area contributed by atoms with Crippen LogP contribution in [0, 0.1) is 0 Å². The highest BCUT2D eigenvalue weighted by Gasteiger charge is 2.08. The lowest BCUT2D eigenvalue weighted by Gasteiger charge is -2.18. The smallest absolute Gasteiger partial charge is 0.0632 e. The first-order valence-corrected chi connectivity index (χ1v) is 5.75. The summed E-state index contributed by atoms with van der Waals surface area (Å²) in [5.41, 5.74) is 7.68. The third kappa shape index (κ3) is 2.31. The highest BCUT2D eigenvalue weighted by Crippen LogP contribution is 2.28. The van der Waals surface area contributed by atoms with Crippen LogP contribution >= 0.6 is 0 Å². The van der Waals surface area contributed by atoms with Gasteiger partial charge in [0.25, 0.3) is 0 Å². The van der Waals surface area contributed by atoms with Crippen molar-refractivity contribution in [3.63, 3.8) is 0 Å². The fourth-order valence-electron chi connectivity index (χ4n) is 1.82. The minimum absolute atomic E-state index is 0.0385. The van der Waals surface area contributed by atoms with Gasteiger partial charge in [-0.25, -0.2) is 0 Å². The first kappa shape index (κ1) is 11.7. The van der Waals surface area contributed by atoms with E-state index in [1.54, 1.807) is 12.4 Å². The maximum absolute atomic E-state index is 9.18. The number of aliphatic hydroxyl groups excluding tert-OH is 1. The van der Waals surface area contributed by atoms with E-state index in [1.165, 1.54) is 0 Å². The van der Waals surface area contributed by atoms with Gasteiger partial charge >= 0.3 is 0 Å². The van der Waals surface area contributed by atoms with E-state index in [2.05, 4.69) is 10.3 Å². The Morgan fingerprint density at radius 2 is 2.24 bits per heavy atom. The van der Waals surface area contributed by atoms with Gasteiger partial charge in [0.2, 0.25) is 0 Å². The Morgan fingerprint density at radius 1 is 1.41 bits per heavy atom. The summed E-state index contributed by atoms with van der Waals surface area (Å²) in [6.07, 6.45) is 4.37. The van der Waals surface area contributed by atoms with Crippen molar-refractivity contribution in [2.45, 2.75) is 19.4 Å². The molecule has 0 radical (unpaired) electrons. The number of aliphatic hydroxyl groups is 1. The predicted octanol–water partition coefficient (Wildman–Crippen LogP) is 2.00. The number of nitrogen functional groups attached to an aromatic ring is 1. The van der Waals surface area contributed by atoms with Crippen molar-refractivity contribution in [3.8, 4) is 0 Å². The van der Waals surface area contributed by atoms with E-state index in [9.17, 15) is 5.11 Å². The molecule has 4 heteroatoms. The number of pyridine rings is 1. The zero-order valence-electron chi connectivity index (χ0n) is 9.85. The topological polar surface area (TPSA) is 71.2 Å². The van der Waals surface area contributed by atoms with Crippen molar-refractivity contribution in [2.24, 2.45) is 0 Å². The van der Waals surface area contributed by atoms with E-state index in [4.69, 9.17) is 5.73 Å². The summed E-state index contributed by atoms with van der Waals surface area (Å²) in [6, 6.07) is 5.84. The van der Waals surface area contributed by atoms with E-state index >= 15 is 0 Å². The third-order valence-corrected chi connectivity index (χ3v) is 2.93. The lowest BCUT2D eigenvalue weighted by Crippen LogP contribution is -2.23. The van der Waals surface area contributed by atoms with Gasteiger partial charge in [0.15, 0.2) is 0 Å². The molecule has 1 aromatic heterocycles. The van der Waals surface area contributed by atoms with Crippen LogP contribution in [0.4, 0.5) is 11.4 Å². The first-order valence-electron chi connectivity index (χ1n) is 5.75. The van der Waals surface area contributed by atoms with Gasteiger partial charge in [0.1, 0.15) is 0 Å². The molecule has 0 bridgehead atoms. The number of nitrogens with two attached hydrogens (primary N) is 1. The molecule has 90 valence electrons. The van der Waals surface area contributed by atoms with Gasteiger partial charge in [-0.05, 0) is 18.6 Å². The van der Waals surface area contributed by atoms with Gasteiger partial charge in [0, 0.05) is 29.2 Å². The van der Waals surface area contributed by atoms with Crippen LogP contribution in [0.1, 0.15) is 13.3 Å². The Morgan fingerprint density at radius 3 is 2.94 bits per heavy atom. The lowest BCUT2D eigenvalue weighted by atomic mass is 10.1. The number of anilines is 2. The largest absolute Gasteiger partial charge is 0.397 e. The monoisotopic (exact) mass is 231 g/mol. The average Bonchev–Trinajstić information content (AvgIpc) is 2.38. The maximum atomic E-state index is 9.18. The summed E-state index contributed by atoms with van der Waals surface area (Å²) in [7, 11) is 0. The van der Waals surface area contributed by atoms with E-state index < -0.39 is 0 Å². The predicted molar refractivity (Wildman–Crippen MR) is 70.9 cm³/mol. The molecule has 0 aliphatic rings. The zero-order chi connectivity index (χ0) is 12.3.